The molecule has 3 rings (SSSR count). The molecule has 2 saturated carbocycles. The third kappa shape index (κ3) is 2.62. The second kappa shape index (κ2) is 4.89. The zero-order chi connectivity index (χ0) is 13.5. The molecule has 1 spiro atoms. The molecule has 0 aromatic rings. The highest BCUT2D eigenvalue weighted by Crippen LogP contribution is 2.46. The topological polar surface area (TPSA) is 15.3 Å². The molecule has 1 heterocycles. The molecule has 0 bridgehead atoms. The van der Waals surface area contributed by atoms with Crippen LogP contribution in [0, 0.1) is 5.92 Å². The largest absolute Gasteiger partial charge is 0.308 e. The van der Waals surface area contributed by atoms with Gasteiger partial charge in [0, 0.05) is 30.7 Å². The fraction of sp³-hybridized carbons (Fsp3) is 0.882. The first-order chi connectivity index (χ1) is 9.04. The fourth-order valence-corrected chi connectivity index (χ4v) is 4.14. The minimum atomic E-state index is 0.403. The highest BCUT2D eigenvalue weighted by atomic mass is 15.3. The maximum Gasteiger partial charge on any atom is 0.0338 e. The Hall–Kier alpha value is -0.340. The number of hydrogen-bond acceptors (Lipinski definition) is 2. The van der Waals surface area contributed by atoms with Crippen molar-refractivity contribution in [2.24, 2.45) is 5.92 Å². The van der Waals surface area contributed by atoms with Crippen LogP contribution in [0.4, 0.5) is 0 Å². The summed E-state index contributed by atoms with van der Waals surface area (Å²) in [6, 6.07) is 0. The number of nitrogens with one attached hydrogen (secondary N) is 1. The number of piperazine rings is 1. The summed E-state index contributed by atoms with van der Waals surface area (Å²) >= 11 is 0. The Balaban J connectivity index is 1.77. The highest BCUT2D eigenvalue weighted by molar-refractivity contribution is 5.12. The quantitative estimate of drug-likeness (QED) is 0.785. The van der Waals surface area contributed by atoms with Crippen molar-refractivity contribution >= 4 is 0 Å². The number of rotatable bonds is 3. The van der Waals surface area contributed by atoms with Crippen molar-refractivity contribution in [3.8, 4) is 0 Å². The molecule has 1 atom stereocenters. The highest BCUT2D eigenvalue weighted by Gasteiger charge is 2.51. The number of nitrogens with zero attached hydrogens (tertiary/aromatic N) is 1. The molecule has 2 aliphatic carbocycles. The van der Waals surface area contributed by atoms with Gasteiger partial charge in [-0.25, -0.2) is 0 Å². The van der Waals surface area contributed by atoms with Crippen molar-refractivity contribution in [3.63, 3.8) is 0 Å². The molecule has 1 unspecified atom stereocenters. The molecule has 19 heavy (non-hydrogen) atoms. The van der Waals surface area contributed by atoms with E-state index in [9.17, 15) is 0 Å². The Labute approximate surface area is 118 Å². The van der Waals surface area contributed by atoms with E-state index in [2.05, 4.69) is 37.1 Å². The van der Waals surface area contributed by atoms with E-state index in [4.69, 9.17) is 0 Å². The molecule has 0 aromatic carbocycles. The molecule has 3 fully saturated rings. The van der Waals surface area contributed by atoms with Gasteiger partial charge in [-0.3, -0.25) is 4.90 Å². The Morgan fingerprint density at radius 2 is 1.95 bits per heavy atom. The number of hydrogen-bond donors (Lipinski definition) is 1. The summed E-state index contributed by atoms with van der Waals surface area (Å²) in [5.41, 5.74) is 2.31. The van der Waals surface area contributed by atoms with Gasteiger partial charge >= 0.3 is 0 Å². The van der Waals surface area contributed by atoms with Crippen molar-refractivity contribution in [2.75, 3.05) is 19.6 Å². The molecule has 1 saturated heterocycles. The van der Waals surface area contributed by atoms with Crippen LogP contribution in [0.3, 0.4) is 0 Å². The summed E-state index contributed by atoms with van der Waals surface area (Å²) in [5, 5.41) is 3.96. The average Bonchev–Trinajstić information content (AvgIpc) is 3.14. The van der Waals surface area contributed by atoms with Crippen LogP contribution >= 0.6 is 0 Å². The second-order valence-corrected chi connectivity index (χ2v) is 7.63. The summed E-state index contributed by atoms with van der Waals surface area (Å²) < 4.78 is 0. The van der Waals surface area contributed by atoms with E-state index in [1.54, 1.807) is 0 Å². The lowest BCUT2D eigenvalue weighted by atomic mass is 9.83. The van der Waals surface area contributed by atoms with Gasteiger partial charge in [0.15, 0.2) is 0 Å². The number of allylic oxidation sites excluding steroid dienone is 1. The van der Waals surface area contributed by atoms with Crippen LogP contribution in [0.1, 0.15) is 59.3 Å². The van der Waals surface area contributed by atoms with Gasteiger partial charge in [0.1, 0.15) is 0 Å². The molecule has 2 heteroatoms. The first kappa shape index (κ1) is 13.6. The lowest BCUT2D eigenvalue weighted by molar-refractivity contribution is 0.0117. The maximum absolute atomic E-state index is 3.96. The molecule has 0 amide bonds. The summed E-state index contributed by atoms with van der Waals surface area (Å²) in [7, 11) is 0. The van der Waals surface area contributed by atoms with Crippen molar-refractivity contribution in [1.82, 2.24) is 10.2 Å². The Morgan fingerprint density at radius 3 is 2.53 bits per heavy atom. The minimum Gasteiger partial charge on any atom is -0.308 e. The first-order valence-electron chi connectivity index (χ1n) is 8.18. The van der Waals surface area contributed by atoms with E-state index in [1.807, 2.05) is 0 Å². The van der Waals surface area contributed by atoms with E-state index in [0.29, 0.717) is 11.1 Å². The Morgan fingerprint density at radius 1 is 1.26 bits per heavy atom. The van der Waals surface area contributed by atoms with Crippen molar-refractivity contribution < 1.29 is 0 Å². The normalized spacial score (nSPS) is 34.7. The lowest BCUT2D eigenvalue weighted by Crippen LogP contribution is -2.69. The van der Waals surface area contributed by atoms with Crippen LogP contribution in [0.25, 0.3) is 0 Å². The third-order valence-corrected chi connectivity index (χ3v) is 5.77. The predicted octanol–water partition coefficient (Wildman–Crippen LogP) is 3.34. The van der Waals surface area contributed by atoms with E-state index >= 15 is 0 Å². The van der Waals surface area contributed by atoms with Gasteiger partial charge in [-0.1, -0.05) is 24.5 Å². The first-order valence-corrected chi connectivity index (χ1v) is 8.18. The molecule has 108 valence electrons. The zero-order valence-electron chi connectivity index (χ0n) is 13.0. The summed E-state index contributed by atoms with van der Waals surface area (Å²) in [4.78, 5) is 2.81. The molecular formula is C17H30N2. The van der Waals surface area contributed by atoms with Gasteiger partial charge in [-0.2, -0.15) is 0 Å². The molecule has 1 N–H and O–H groups in total. The maximum atomic E-state index is 3.96. The summed E-state index contributed by atoms with van der Waals surface area (Å²) in [5.74, 6) is 0.935. The molecule has 2 nitrogen and oxygen atoms in total. The molecule has 3 aliphatic rings. The average molecular weight is 262 g/mol. The fourth-order valence-electron chi connectivity index (χ4n) is 4.14. The van der Waals surface area contributed by atoms with Crippen LogP contribution in [-0.2, 0) is 0 Å². The van der Waals surface area contributed by atoms with Crippen molar-refractivity contribution in [1.29, 1.82) is 0 Å². The van der Waals surface area contributed by atoms with Gasteiger partial charge < -0.3 is 5.32 Å². The lowest BCUT2D eigenvalue weighted by Gasteiger charge is -2.53. The molecule has 0 aromatic heterocycles. The summed E-state index contributed by atoms with van der Waals surface area (Å²) in [6.07, 6.45) is 10.9. The molecule has 1 aliphatic heterocycles. The van der Waals surface area contributed by atoms with Crippen LogP contribution in [-0.4, -0.2) is 35.6 Å². The van der Waals surface area contributed by atoms with Crippen LogP contribution in [0.5, 0.6) is 0 Å². The minimum absolute atomic E-state index is 0.403. The van der Waals surface area contributed by atoms with E-state index in [0.717, 1.165) is 12.5 Å². The van der Waals surface area contributed by atoms with E-state index in [1.165, 1.54) is 57.2 Å². The summed E-state index contributed by atoms with van der Waals surface area (Å²) in [6.45, 7) is 10.6. The zero-order valence-corrected chi connectivity index (χ0v) is 13.0. The molecule has 0 radical (unpaired) electrons. The van der Waals surface area contributed by atoms with Gasteiger partial charge in [0.2, 0.25) is 0 Å². The van der Waals surface area contributed by atoms with Crippen LogP contribution in [0.15, 0.2) is 11.6 Å². The second-order valence-electron chi connectivity index (χ2n) is 7.63. The molecular weight excluding hydrogens is 232 g/mol. The van der Waals surface area contributed by atoms with E-state index in [-0.39, 0.29) is 0 Å². The van der Waals surface area contributed by atoms with Gasteiger partial charge in [0.05, 0.1) is 0 Å². The smallest absolute Gasteiger partial charge is 0.0338 e. The predicted molar refractivity (Wildman–Crippen MR) is 81.3 cm³/mol. The Kier molecular flexibility index (Phi) is 3.51. The van der Waals surface area contributed by atoms with Crippen LogP contribution in [0.2, 0.25) is 0 Å². The van der Waals surface area contributed by atoms with Gasteiger partial charge in [0.25, 0.3) is 0 Å². The Bertz CT molecular complexity index is 359. The SMILES string of the molecule is CC(C)=CCN1CC2(CCCC2)NCC1(C)C1CC1. The monoisotopic (exact) mass is 262 g/mol. The van der Waals surface area contributed by atoms with Crippen LogP contribution < -0.4 is 5.32 Å². The van der Waals surface area contributed by atoms with Crippen molar-refractivity contribution in [2.45, 2.75) is 70.4 Å². The van der Waals surface area contributed by atoms with Crippen molar-refractivity contribution in [3.05, 3.63) is 11.6 Å². The van der Waals surface area contributed by atoms with E-state index < -0.39 is 0 Å². The van der Waals surface area contributed by atoms with Gasteiger partial charge in [-0.15, -0.1) is 0 Å². The standard InChI is InChI=1S/C17H30N2/c1-14(2)8-11-19-13-17(9-4-5-10-17)18-12-16(19,3)15-6-7-15/h8,15,18H,4-7,9-13H2,1-3H3. The van der Waals surface area contributed by atoms with Gasteiger partial charge in [-0.05, 0) is 52.4 Å². The third-order valence-electron chi connectivity index (χ3n) is 5.77.